The van der Waals surface area contributed by atoms with E-state index in [9.17, 15) is 13.2 Å². The Kier molecular flexibility index (Phi) is 5.69. The molecule has 0 aromatic heterocycles. The number of methoxy groups -OCH3 is 1. The summed E-state index contributed by atoms with van der Waals surface area (Å²) in [6.07, 6.45) is 1.07. The van der Waals surface area contributed by atoms with Crippen molar-refractivity contribution in [2.75, 3.05) is 18.1 Å². The molecular formula is C18H22N2O4S. The van der Waals surface area contributed by atoms with Crippen LogP contribution in [0, 0.1) is 6.92 Å². The molecule has 0 radical (unpaired) electrons. The minimum absolute atomic E-state index is 0.203. The third-order valence-corrected chi connectivity index (χ3v) is 4.35. The fraction of sp³-hybridized carbons (Fsp3) is 0.278. The van der Waals surface area contributed by atoms with Crippen LogP contribution in [0.5, 0.6) is 5.75 Å². The first kappa shape index (κ1) is 18.8. The first-order chi connectivity index (χ1) is 11.7. The molecule has 0 aliphatic heterocycles. The van der Waals surface area contributed by atoms with Crippen LogP contribution in [0.3, 0.4) is 0 Å². The zero-order valence-electron chi connectivity index (χ0n) is 14.7. The molecule has 0 bridgehead atoms. The Morgan fingerprint density at radius 2 is 1.76 bits per heavy atom. The summed E-state index contributed by atoms with van der Waals surface area (Å²) in [5.41, 5.74) is 2.46. The van der Waals surface area contributed by atoms with E-state index in [4.69, 9.17) is 4.74 Å². The first-order valence-corrected chi connectivity index (χ1v) is 9.62. The molecule has 7 heteroatoms. The van der Waals surface area contributed by atoms with Crippen molar-refractivity contribution in [2.45, 2.75) is 19.9 Å². The molecule has 1 amide bonds. The molecule has 0 saturated carbocycles. The Bertz CT molecular complexity index is 861. The van der Waals surface area contributed by atoms with Gasteiger partial charge in [0, 0.05) is 5.56 Å². The zero-order chi connectivity index (χ0) is 18.6. The van der Waals surface area contributed by atoms with Gasteiger partial charge in [0.05, 0.1) is 25.1 Å². The summed E-state index contributed by atoms with van der Waals surface area (Å²) in [6.45, 7) is 3.65. The molecule has 0 saturated heterocycles. The molecule has 1 unspecified atom stereocenters. The number of nitrogens with one attached hydrogen (secondary N) is 2. The standard InChI is InChI=1S/C18H22N2O4S/c1-12-5-6-15(11-17(12)20-25(4,22)23)18(21)19-13(2)14-7-9-16(24-3)10-8-14/h5-11,13,20H,1-4H3,(H,19,21). The van der Waals surface area contributed by atoms with E-state index in [2.05, 4.69) is 10.0 Å². The van der Waals surface area contributed by atoms with Gasteiger partial charge in [-0.05, 0) is 49.2 Å². The van der Waals surface area contributed by atoms with Gasteiger partial charge in [-0.15, -0.1) is 0 Å². The van der Waals surface area contributed by atoms with E-state index in [0.717, 1.165) is 23.1 Å². The molecule has 0 aliphatic carbocycles. The average molecular weight is 362 g/mol. The third kappa shape index (κ3) is 5.22. The van der Waals surface area contributed by atoms with Crippen LogP contribution in [0.25, 0.3) is 0 Å². The topological polar surface area (TPSA) is 84.5 Å². The maximum Gasteiger partial charge on any atom is 0.251 e. The second-order valence-corrected chi connectivity index (χ2v) is 7.62. The average Bonchev–Trinajstić information content (AvgIpc) is 2.55. The second kappa shape index (κ2) is 7.57. The number of carbonyl (C=O) groups excluding carboxylic acids is 1. The lowest BCUT2D eigenvalue weighted by Gasteiger charge is -2.16. The van der Waals surface area contributed by atoms with Crippen molar-refractivity contribution in [3.63, 3.8) is 0 Å². The highest BCUT2D eigenvalue weighted by atomic mass is 32.2. The Morgan fingerprint density at radius 1 is 1.12 bits per heavy atom. The number of ether oxygens (including phenoxy) is 1. The SMILES string of the molecule is COc1ccc(C(C)NC(=O)c2ccc(C)c(NS(C)(=O)=O)c2)cc1. The van der Waals surface area contributed by atoms with Crippen LogP contribution in [0.1, 0.15) is 34.5 Å². The Morgan fingerprint density at radius 3 is 2.32 bits per heavy atom. The highest BCUT2D eigenvalue weighted by Crippen LogP contribution is 2.20. The van der Waals surface area contributed by atoms with Gasteiger partial charge in [-0.1, -0.05) is 18.2 Å². The lowest BCUT2D eigenvalue weighted by atomic mass is 10.1. The molecule has 0 fully saturated rings. The van der Waals surface area contributed by atoms with Gasteiger partial charge in [0.25, 0.3) is 5.91 Å². The van der Waals surface area contributed by atoms with Crippen molar-refractivity contribution >= 4 is 21.6 Å². The van der Waals surface area contributed by atoms with Crippen molar-refractivity contribution in [3.05, 3.63) is 59.2 Å². The van der Waals surface area contributed by atoms with Gasteiger partial charge >= 0.3 is 0 Å². The quantitative estimate of drug-likeness (QED) is 0.827. The fourth-order valence-electron chi connectivity index (χ4n) is 2.33. The van der Waals surface area contributed by atoms with E-state index in [1.165, 1.54) is 6.07 Å². The number of amides is 1. The molecule has 1 atom stereocenters. The lowest BCUT2D eigenvalue weighted by molar-refractivity contribution is 0.0940. The van der Waals surface area contributed by atoms with Gasteiger partial charge in [-0.3, -0.25) is 9.52 Å². The molecule has 6 nitrogen and oxygen atoms in total. The second-order valence-electron chi connectivity index (χ2n) is 5.87. The molecule has 134 valence electrons. The van der Waals surface area contributed by atoms with Crippen LogP contribution in [0.4, 0.5) is 5.69 Å². The molecule has 2 N–H and O–H groups in total. The Labute approximate surface area is 148 Å². The fourth-order valence-corrected chi connectivity index (χ4v) is 2.95. The van der Waals surface area contributed by atoms with Crippen molar-refractivity contribution in [1.29, 1.82) is 0 Å². The van der Waals surface area contributed by atoms with E-state index >= 15 is 0 Å². The van der Waals surface area contributed by atoms with Crippen molar-refractivity contribution in [2.24, 2.45) is 0 Å². The molecule has 0 spiro atoms. The maximum atomic E-state index is 12.5. The minimum Gasteiger partial charge on any atom is -0.497 e. The summed E-state index contributed by atoms with van der Waals surface area (Å²) in [5, 5.41) is 2.90. The van der Waals surface area contributed by atoms with Gasteiger partial charge in [-0.2, -0.15) is 0 Å². The smallest absolute Gasteiger partial charge is 0.251 e. The van der Waals surface area contributed by atoms with E-state index in [1.807, 2.05) is 31.2 Å². The number of carbonyl (C=O) groups is 1. The molecule has 2 aromatic carbocycles. The molecule has 2 aromatic rings. The van der Waals surface area contributed by atoms with Crippen LogP contribution >= 0.6 is 0 Å². The normalized spacial score (nSPS) is 12.3. The Balaban J connectivity index is 2.15. The summed E-state index contributed by atoms with van der Waals surface area (Å²) in [5.74, 6) is 0.470. The molecule has 0 aliphatic rings. The van der Waals surface area contributed by atoms with Crippen molar-refractivity contribution in [1.82, 2.24) is 5.32 Å². The van der Waals surface area contributed by atoms with E-state index in [0.29, 0.717) is 11.3 Å². The predicted molar refractivity (Wildman–Crippen MR) is 98.5 cm³/mol. The van der Waals surface area contributed by atoms with Crippen molar-refractivity contribution in [3.8, 4) is 5.75 Å². The number of anilines is 1. The highest BCUT2D eigenvalue weighted by molar-refractivity contribution is 7.92. The van der Waals surface area contributed by atoms with Crippen molar-refractivity contribution < 1.29 is 17.9 Å². The summed E-state index contributed by atoms with van der Waals surface area (Å²) in [6, 6.07) is 12.1. The predicted octanol–water partition coefficient (Wildman–Crippen LogP) is 2.87. The van der Waals surface area contributed by atoms with Crippen LogP contribution < -0.4 is 14.8 Å². The number of hydrogen-bond donors (Lipinski definition) is 2. The highest BCUT2D eigenvalue weighted by Gasteiger charge is 2.14. The number of hydrogen-bond acceptors (Lipinski definition) is 4. The molecule has 25 heavy (non-hydrogen) atoms. The van der Waals surface area contributed by atoms with Gasteiger partial charge in [0.2, 0.25) is 10.0 Å². The van der Waals surface area contributed by atoms with Gasteiger partial charge in [-0.25, -0.2) is 8.42 Å². The van der Waals surface area contributed by atoms with Crippen LogP contribution in [0.15, 0.2) is 42.5 Å². The molecule has 0 heterocycles. The zero-order valence-corrected chi connectivity index (χ0v) is 15.5. The molecular weight excluding hydrogens is 340 g/mol. The molecule has 2 rings (SSSR count). The van der Waals surface area contributed by atoms with E-state index in [-0.39, 0.29) is 11.9 Å². The largest absolute Gasteiger partial charge is 0.497 e. The van der Waals surface area contributed by atoms with E-state index < -0.39 is 10.0 Å². The van der Waals surface area contributed by atoms with Crippen LogP contribution in [-0.2, 0) is 10.0 Å². The van der Waals surface area contributed by atoms with Crippen LogP contribution in [0.2, 0.25) is 0 Å². The summed E-state index contributed by atoms with van der Waals surface area (Å²) < 4.78 is 30.4. The minimum atomic E-state index is -3.41. The first-order valence-electron chi connectivity index (χ1n) is 7.73. The third-order valence-electron chi connectivity index (χ3n) is 3.76. The monoisotopic (exact) mass is 362 g/mol. The summed E-state index contributed by atoms with van der Waals surface area (Å²) in [7, 11) is -1.81. The number of sulfonamides is 1. The van der Waals surface area contributed by atoms with Gasteiger partial charge in [0.15, 0.2) is 0 Å². The Hall–Kier alpha value is -2.54. The lowest BCUT2D eigenvalue weighted by Crippen LogP contribution is -2.26. The maximum absolute atomic E-state index is 12.5. The number of benzene rings is 2. The summed E-state index contributed by atoms with van der Waals surface area (Å²) in [4.78, 5) is 12.5. The number of aryl methyl sites for hydroxylation is 1. The van der Waals surface area contributed by atoms with Gasteiger partial charge in [0.1, 0.15) is 5.75 Å². The van der Waals surface area contributed by atoms with Gasteiger partial charge < -0.3 is 10.1 Å². The van der Waals surface area contributed by atoms with Crippen LogP contribution in [-0.4, -0.2) is 27.7 Å². The summed E-state index contributed by atoms with van der Waals surface area (Å²) >= 11 is 0. The number of rotatable bonds is 6. The van der Waals surface area contributed by atoms with E-state index in [1.54, 1.807) is 26.2 Å².